The largest absolute Gasteiger partial charge is 0.271 e. The van der Waals surface area contributed by atoms with Gasteiger partial charge in [-0.1, -0.05) is 24.3 Å². The van der Waals surface area contributed by atoms with Crippen LogP contribution < -0.4 is 11.3 Å². The zero-order valence-corrected chi connectivity index (χ0v) is 12.0. The van der Waals surface area contributed by atoms with E-state index in [0.29, 0.717) is 12.0 Å². The van der Waals surface area contributed by atoms with Gasteiger partial charge in [0.25, 0.3) is 0 Å². The van der Waals surface area contributed by atoms with Gasteiger partial charge in [-0.2, -0.15) is 11.8 Å². The molecule has 2 unspecified atom stereocenters. The molecule has 2 atom stereocenters. The second-order valence-electron chi connectivity index (χ2n) is 5.17. The molecule has 0 fully saturated rings. The highest BCUT2D eigenvalue weighted by molar-refractivity contribution is 7.98. The first-order chi connectivity index (χ1) is 8.85. The zero-order valence-electron chi connectivity index (χ0n) is 11.2. The van der Waals surface area contributed by atoms with Gasteiger partial charge in [0.15, 0.2) is 0 Å². The maximum atomic E-state index is 5.69. The first-order valence-corrected chi connectivity index (χ1v) is 8.27. The van der Waals surface area contributed by atoms with Gasteiger partial charge in [-0.05, 0) is 61.2 Å². The van der Waals surface area contributed by atoms with Gasteiger partial charge in [0.2, 0.25) is 0 Å². The monoisotopic (exact) mass is 264 g/mol. The van der Waals surface area contributed by atoms with E-state index in [0.717, 1.165) is 6.42 Å². The average molecular weight is 264 g/mol. The summed E-state index contributed by atoms with van der Waals surface area (Å²) in [5, 5.41) is 0. The highest BCUT2D eigenvalue weighted by Gasteiger charge is 2.22. The molecule has 0 aliphatic heterocycles. The highest BCUT2D eigenvalue weighted by atomic mass is 32.2. The van der Waals surface area contributed by atoms with Crippen LogP contribution in [0.5, 0.6) is 0 Å². The summed E-state index contributed by atoms with van der Waals surface area (Å²) in [6.07, 6.45) is 8.38. The number of rotatable bonds is 6. The Bertz CT molecular complexity index is 367. The van der Waals surface area contributed by atoms with Crippen molar-refractivity contribution in [2.24, 2.45) is 5.84 Å². The first-order valence-electron chi connectivity index (χ1n) is 6.88. The van der Waals surface area contributed by atoms with Crippen molar-refractivity contribution in [2.45, 2.75) is 44.1 Å². The molecular weight excluding hydrogens is 240 g/mol. The van der Waals surface area contributed by atoms with Crippen molar-refractivity contribution in [2.75, 3.05) is 12.0 Å². The lowest BCUT2D eigenvalue weighted by atomic mass is 9.79. The third-order valence-corrected chi connectivity index (χ3v) is 4.61. The van der Waals surface area contributed by atoms with E-state index in [1.54, 1.807) is 11.1 Å². The summed E-state index contributed by atoms with van der Waals surface area (Å²) >= 11 is 1.90. The number of thioether (sulfide) groups is 1. The lowest BCUT2D eigenvalue weighted by Crippen LogP contribution is -2.37. The van der Waals surface area contributed by atoms with E-state index in [-0.39, 0.29) is 0 Å². The number of nitrogens with one attached hydrogen (secondary N) is 1. The van der Waals surface area contributed by atoms with Crippen LogP contribution in [0.2, 0.25) is 0 Å². The third kappa shape index (κ3) is 3.50. The third-order valence-electron chi connectivity index (χ3n) is 3.97. The first kappa shape index (κ1) is 13.9. The molecule has 0 radical (unpaired) electrons. The van der Waals surface area contributed by atoms with Gasteiger partial charge in [-0.25, -0.2) is 0 Å². The van der Waals surface area contributed by atoms with Crippen molar-refractivity contribution in [3.63, 3.8) is 0 Å². The van der Waals surface area contributed by atoms with Crippen LogP contribution in [0, 0.1) is 0 Å². The maximum absolute atomic E-state index is 5.69. The predicted molar refractivity (Wildman–Crippen MR) is 80.8 cm³/mol. The lowest BCUT2D eigenvalue weighted by Gasteiger charge is -2.28. The Labute approximate surface area is 115 Å². The molecule has 1 aromatic rings. The molecule has 100 valence electrons. The van der Waals surface area contributed by atoms with Crippen molar-refractivity contribution in [3.05, 3.63) is 35.4 Å². The fourth-order valence-electron chi connectivity index (χ4n) is 2.97. The summed E-state index contributed by atoms with van der Waals surface area (Å²) in [7, 11) is 0. The summed E-state index contributed by atoms with van der Waals surface area (Å²) in [4.78, 5) is 0. The molecule has 2 rings (SSSR count). The molecule has 3 N–H and O–H groups in total. The molecule has 0 amide bonds. The molecule has 1 aliphatic carbocycles. The number of hydrogen-bond acceptors (Lipinski definition) is 3. The lowest BCUT2D eigenvalue weighted by molar-refractivity contribution is 0.409. The van der Waals surface area contributed by atoms with Crippen LogP contribution in [-0.2, 0) is 6.42 Å². The van der Waals surface area contributed by atoms with Crippen LogP contribution in [0.25, 0.3) is 0 Å². The molecule has 0 saturated heterocycles. The molecule has 1 aliphatic rings. The van der Waals surface area contributed by atoms with Gasteiger partial charge in [-0.15, -0.1) is 0 Å². The van der Waals surface area contributed by atoms with Crippen LogP contribution in [-0.4, -0.2) is 18.1 Å². The Morgan fingerprint density at radius 1 is 1.44 bits per heavy atom. The fraction of sp³-hybridized carbons (Fsp3) is 0.600. The topological polar surface area (TPSA) is 38.0 Å². The van der Waals surface area contributed by atoms with E-state index in [4.69, 9.17) is 5.84 Å². The molecule has 0 spiro atoms. The number of nitrogens with two attached hydrogens (primary N) is 1. The van der Waals surface area contributed by atoms with Crippen molar-refractivity contribution < 1.29 is 0 Å². The normalized spacial score (nSPS) is 20.4. The van der Waals surface area contributed by atoms with Crippen molar-refractivity contribution >= 4 is 11.8 Å². The Kier molecular flexibility index (Phi) is 5.54. The summed E-state index contributed by atoms with van der Waals surface area (Å²) in [6, 6.07) is 9.38. The molecule has 0 saturated carbocycles. The molecule has 0 aromatic heterocycles. The Hall–Kier alpha value is -0.510. The fourth-order valence-corrected chi connectivity index (χ4v) is 3.49. The molecule has 2 nitrogen and oxygen atoms in total. The Morgan fingerprint density at radius 3 is 3.06 bits per heavy atom. The van der Waals surface area contributed by atoms with Crippen molar-refractivity contribution in [3.8, 4) is 0 Å². The van der Waals surface area contributed by atoms with Gasteiger partial charge in [0.1, 0.15) is 0 Å². The molecule has 18 heavy (non-hydrogen) atoms. The van der Waals surface area contributed by atoms with Gasteiger partial charge >= 0.3 is 0 Å². The zero-order chi connectivity index (χ0) is 12.8. The van der Waals surface area contributed by atoms with E-state index >= 15 is 0 Å². The summed E-state index contributed by atoms with van der Waals surface area (Å²) in [5.74, 6) is 7.57. The maximum Gasteiger partial charge on any atom is 0.0224 e. The van der Waals surface area contributed by atoms with Gasteiger partial charge in [0.05, 0.1) is 0 Å². The van der Waals surface area contributed by atoms with Crippen molar-refractivity contribution in [1.82, 2.24) is 5.43 Å². The van der Waals surface area contributed by atoms with E-state index in [1.807, 2.05) is 11.8 Å². The van der Waals surface area contributed by atoms with Gasteiger partial charge < -0.3 is 0 Å². The minimum absolute atomic E-state index is 0.452. The number of fused-ring (bicyclic) bond motifs is 1. The predicted octanol–water partition coefficient (Wildman–Crippen LogP) is 3.08. The number of benzene rings is 1. The second kappa shape index (κ2) is 7.17. The van der Waals surface area contributed by atoms with Crippen LogP contribution in [0.15, 0.2) is 24.3 Å². The number of hydrogen-bond donors (Lipinski definition) is 2. The summed E-state index contributed by atoms with van der Waals surface area (Å²) in [6.45, 7) is 0. The summed E-state index contributed by atoms with van der Waals surface area (Å²) in [5.41, 5.74) is 6.12. The standard InChI is InChI=1S/C15H24N2S/c1-18-10-9-14(17-16)11-13-7-4-6-12-5-2-3-8-15(12)13/h2-3,5,8,13-14,17H,4,6-7,9-11,16H2,1H3. The second-order valence-corrected chi connectivity index (χ2v) is 6.15. The Morgan fingerprint density at radius 2 is 2.28 bits per heavy atom. The molecule has 3 heteroatoms. The molecule has 0 bridgehead atoms. The van der Waals surface area contributed by atoms with Crippen LogP contribution >= 0.6 is 11.8 Å². The van der Waals surface area contributed by atoms with Crippen LogP contribution in [0.4, 0.5) is 0 Å². The van der Waals surface area contributed by atoms with E-state index in [1.165, 1.54) is 31.4 Å². The minimum Gasteiger partial charge on any atom is -0.271 e. The quantitative estimate of drug-likeness (QED) is 0.612. The summed E-state index contributed by atoms with van der Waals surface area (Å²) < 4.78 is 0. The average Bonchev–Trinajstić information content (AvgIpc) is 2.43. The van der Waals surface area contributed by atoms with E-state index in [9.17, 15) is 0 Å². The van der Waals surface area contributed by atoms with Crippen molar-refractivity contribution in [1.29, 1.82) is 0 Å². The highest BCUT2D eigenvalue weighted by Crippen LogP contribution is 2.34. The van der Waals surface area contributed by atoms with Crippen LogP contribution in [0.1, 0.15) is 42.7 Å². The van der Waals surface area contributed by atoms with Gasteiger partial charge in [-0.3, -0.25) is 11.3 Å². The molecule has 1 aromatic carbocycles. The molecular formula is C15H24N2S. The van der Waals surface area contributed by atoms with Crippen LogP contribution in [0.3, 0.4) is 0 Å². The smallest absolute Gasteiger partial charge is 0.0224 e. The number of aryl methyl sites for hydroxylation is 1. The minimum atomic E-state index is 0.452. The Balaban J connectivity index is 2.01. The van der Waals surface area contributed by atoms with E-state index in [2.05, 4.69) is 35.9 Å². The molecule has 0 heterocycles. The van der Waals surface area contributed by atoms with Gasteiger partial charge in [0, 0.05) is 6.04 Å². The SMILES string of the molecule is CSCCC(CC1CCCc2ccccc21)NN. The van der Waals surface area contributed by atoms with E-state index < -0.39 is 0 Å². The number of hydrazine groups is 1.